The number of carbonyl (C=O) groups is 1. The SMILES string of the molecule is CNC(=O)c1cc(N2CC(O)=C(c3nc(-c4ccccc4)cs3)C2=N)ccc1Cl. The molecule has 0 bridgehead atoms. The van der Waals surface area contributed by atoms with Gasteiger partial charge < -0.3 is 15.3 Å². The molecule has 0 aliphatic carbocycles. The molecule has 146 valence electrons. The van der Waals surface area contributed by atoms with Crippen molar-refractivity contribution in [3.05, 3.63) is 75.3 Å². The summed E-state index contributed by atoms with van der Waals surface area (Å²) in [5, 5.41) is 24.5. The Labute approximate surface area is 176 Å². The van der Waals surface area contributed by atoms with Crippen LogP contribution in [0.1, 0.15) is 15.4 Å². The van der Waals surface area contributed by atoms with Gasteiger partial charge in [-0.25, -0.2) is 4.98 Å². The lowest BCUT2D eigenvalue weighted by atomic mass is 10.1. The minimum atomic E-state index is -0.313. The number of benzene rings is 2. The van der Waals surface area contributed by atoms with E-state index >= 15 is 0 Å². The topological polar surface area (TPSA) is 89.3 Å². The zero-order valence-corrected chi connectivity index (χ0v) is 17.0. The van der Waals surface area contributed by atoms with Crippen molar-refractivity contribution in [1.29, 1.82) is 5.41 Å². The van der Waals surface area contributed by atoms with E-state index in [2.05, 4.69) is 10.3 Å². The summed E-state index contributed by atoms with van der Waals surface area (Å²) in [4.78, 5) is 18.3. The highest BCUT2D eigenvalue weighted by Crippen LogP contribution is 2.35. The summed E-state index contributed by atoms with van der Waals surface area (Å²) in [6, 6.07) is 14.7. The molecule has 2 aromatic carbocycles. The number of amides is 1. The highest BCUT2D eigenvalue weighted by molar-refractivity contribution is 7.11. The van der Waals surface area contributed by atoms with Crippen LogP contribution in [-0.2, 0) is 0 Å². The number of amidine groups is 1. The molecule has 0 unspecified atom stereocenters. The maximum Gasteiger partial charge on any atom is 0.252 e. The Morgan fingerprint density at radius 3 is 2.76 bits per heavy atom. The molecule has 6 nitrogen and oxygen atoms in total. The minimum Gasteiger partial charge on any atom is -0.510 e. The largest absolute Gasteiger partial charge is 0.510 e. The molecule has 0 spiro atoms. The van der Waals surface area contributed by atoms with Gasteiger partial charge in [-0.15, -0.1) is 11.3 Å². The predicted molar refractivity (Wildman–Crippen MR) is 117 cm³/mol. The fourth-order valence-corrected chi connectivity index (χ4v) is 4.24. The molecular formula is C21H17ClN4O2S. The van der Waals surface area contributed by atoms with Gasteiger partial charge in [-0.2, -0.15) is 0 Å². The summed E-state index contributed by atoms with van der Waals surface area (Å²) in [5.41, 5.74) is 3.08. The number of halogens is 1. The zero-order chi connectivity index (χ0) is 20.5. The first kappa shape index (κ1) is 19.2. The third-order valence-corrected chi connectivity index (χ3v) is 5.81. The molecule has 8 heteroatoms. The lowest BCUT2D eigenvalue weighted by Crippen LogP contribution is -2.27. The van der Waals surface area contributed by atoms with Crippen LogP contribution in [0.5, 0.6) is 0 Å². The number of hydrogen-bond donors (Lipinski definition) is 3. The van der Waals surface area contributed by atoms with Crippen LogP contribution < -0.4 is 10.2 Å². The van der Waals surface area contributed by atoms with Crippen molar-refractivity contribution >= 4 is 45.9 Å². The zero-order valence-electron chi connectivity index (χ0n) is 15.4. The number of thiazole rings is 1. The molecule has 3 N–H and O–H groups in total. The molecule has 3 aromatic rings. The van der Waals surface area contributed by atoms with E-state index < -0.39 is 0 Å². The van der Waals surface area contributed by atoms with Crippen LogP contribution in [0, 0.1) is 5.41 Å². The Morgan fingerprint density at radius 2 is 2.03 bits per heavy atom. The van der Waals surface area contributed by atoms with Crippen LogP contribution in [0.4, 0.5) is 5.69 Å². The number of hydrogen-bond acceptors (Lipinski definition) is 5. The molecule has 2 heterocycles. The van der Waals surface area contributed by atoms with E-state index in [1.165, 1.54) is 18.4 Å². The summed E-state index contributed by atoms with van der Waals surface area (Å²) in [5.74, 6) is -0.116. The smallest absolute Gasteiger partial charge is 0.252 e. The Morgan fingerprint density at radius 1 is 1.28 bits per heavy atom. The molecule has 4 rings (SSSR count). The van der Waals surface area contributed by atoms with Crippen LogP contribution in [0.15, 0.2) is 59.7 Å². The second kappa shape index (κ2) is 7.69. The van der Waals surface area contributed by atoms with E-state index in [1.807, 2.05) is 35.7 Å². The van der Waals surface area contributed by atoms with Crippen LogP contribution in [0.3, 0.4) is 0 Å². The third kappa shape index (κ3) is 3.50. The molecule has 0 atom stereocenters. The van der Waals surface area contributed by atoms with Crippen LogP contribution >= 0.6 is 22.9 Å². The van der Waals surface area contributed by atoms with E-state index in [9.17, 15) is 9.90 Å². The number of rotatable bonds is 4. The Bertz CT molecular complexity index is 1140. The first-order valence-electron chi connectivity index (χ1n) is 8.81. The fourth-order valence-electron chi connectivity index (χ4n) is 3.14. The lowest BCUT2D eigenvalue weighted by Gasteiger charge is -2.19. The Hall–Kier alpha value is -3.16. The van der Waals surface area contributed by atoms with E-state index in [4.69, 9.17) is 17.0 Å². The fraction of sp³-hybridized carbons (Fsp3) is 0.0952. The molecule has 1 aliphatic rings. The maximum absolute atomic E-state index is 12.0. The number of aliphatic hydroxyl groups is 1. The number of aliphatic hydroxyl groups excluding tert-OH is 1. The molecule has 29 heavy (non-hydrogen) atoms. The average Bonchev–Trinajstić information content (AvgIpc) is 3.33. The van der Waals surface area contributed by atoms with Crippen molar-refractivity contribution in [2.45, 2.75) is 0 Å². The van der Waals surface area contributed by atoms with Crippen molar-refractivity contribution in [2.75, 3.05) is 18.5 Å². The Balaban J connectivity index is 1.65. The molecule has 1 amide bonds. The van der Waals surface area contributed by atoms with Crippen LogP contribution in [-0.4, -0.2) is 35.4 Å². The summed E-state index contributed by atoms with van der Waals surface area (Å²) in [6.07, 6.45) is 0. The molecule has 1 aliphatic heterocycles. The van der Waals surface area contributed by atoms with Crippen molar-refractivity contribution in [3.63, 3.8) is 0 Å². The van der Waals surface area contributed by atoms with E-state index in [0.717, 1.165) is 11.3 Å². The second-order valence-electron chi connectivity index (χ2n) is 6.40. The maximum atomic E-state index is 12.0. The van der Waals surface area contributed by atoms with Gasteiger partial charge >= 0.3 is 0 Å². The number of carbonyl (C=O) groups excluding carboxylic acids is 1. The van der Waals surface area contributed by atoms with Crippen molar-refractivity contribution in [3.8, 4) is 11.3 Å². The Kier molecular flexibility index (Phi) is 5.08. The van der Waals surface area contributed by atoms with Gasteiger partial charge in [0.2, 0.25) is 0 Å². The van der Waals surface area contributed by atoms with Crippen LogP contribution in [0.25, 0.3) is 16.8 Å². The number of nitrogens with zero attached hydrogens (tertiary/aromatic N) is 2. The molecule has 0 radical (unpaired) electrons. The highest BCUT2D eigenvalue weighted by atomic mass is 35.5. The molecule has 0 saturated heterocycles. The first-order chi connectivity index (χ1) is 14.0. The van der Waals surface area contributed by atoms with Gasteiger partial charge in [0.1, 0.15) is 16.6 Å². The van der Waals surface area contributed by atoms with Gasteiger partial charge in [-0.3, -0.25) is 10.2 Å². The van der Waals surface area contributed by atoms with E-state index in [0.29, 0.717) is 26.9 Å². The van der Waals surface area contributed by atoms with Crippen molar-refractivity contribution in [1.82, 2.24) is 10.3 Å². The average molecular weight is 425 g/mol. The van der Waals surface area contributed by atoms with Gasteiger partial charge in [0.05, 0.1) is 28.4 Å². The van der Waals surface area contributed by atoms with Gasteiger partial charge in [-0.05, 0) is 18.2 Å². The van der Waals surface area contributed by atoms with Crippen molar-refractivity contribution < 1.29 is 9.90 Å². The predicted octanol–water partition coefficient (Wildman–Crippen LogP) is 4.59. The van der Waals surface area contributed by atoms with Crippen molar-refractivity contribution in [2.24, 2.45) is 0 Å². The number of nitrogens with one attached hydrogen (secondary N) is 2. The molecule has 0 fully saturated rings. The molecular weight excluding hydrogens is 408 g/mol. The van der Waals surface area contributed by atoms with E-state index in [1.54, 1.807) is 23.1 Å². The summed E-state index contributed by atoms with van der Waals surface area (Å²) in [7, 11) is 1.53. The first-order valence-corrected chi connectivity index (χ1v) is 10.1. The summed E-state index contributed by atoms with van der Waals surface area (Å²) < 4.78 is 0. The minimum absolute atomic E-state index is 0.0698. The van der Waals surface area contributed by atoms with E-state index in [-0.39, 0.29) is 24.0 Å². The molecule has 0 saturated carbocycles. The van der Waals surface area contributed by atoms with Gasteiger partial charge in [0, 0.05) is 23.7 Å². The number of anilines is 1. The second-order valence-corrected chi connectivity index (χ2v) is 7.67. The quantitative estimate of drug-likeness (QED) is 0.571. The lowest BCUT2D eigenvalue weighted by molar-refractivity contribution is 0.0963. The normalized spacial score (nSPS) is 13.9. The third-order valence-electron chi connectivity index (χ3n) is 4.62. The van der Waals surface area contributed by atoms with Crippen LogP contribution in [0.2, 0.25) is 5.02 Å². The standard InChI is InChI=1S/C21H17ClN4O2S/c1-24-20(28)14-9-13(7-8-15(14)22)26-10-17(27)18(19(26)23)21-25-16(11-29-21)12-5-3-2-4-6-12/h2-9,11,23,27H,10H2,1H3,(H,24,28). The monoisotopic (exact) mass is 424 g/mol. The summed E-state index contributed by atoms with van der Waals surface area (Å²) in [6.45, 7) is 0.128. The van der Waals surface area contributed by atoms with Gasteiger partial charge in [0.25, 0.3) is 5.91 Å². The summed E-state index contributed by atoms with van der Waals surface area (Å²) >= 11 is 7.50. The van der Waals surface area contributed by atoms with Gasteiger partial charge in [-0.1, -0.05) is 41.9 Å². The highest BCUT2D eigenvalue weighted by Gasteiger charge is 2.31. The van der Waals surface area contributed by atoms with Gasteiger partial charge in [0.15, 0.2) is 0 Å². The number of aromatic nitrogens is 1. The molecule has 1 aromatic heterocycles.